The van der Waals surface area contributed by atoms with E-state index in [1.165, 1.54) is 17.5 Å². The fourth-order valence-corrected chi connectivity index (χ4v) is 1.12. The highest BCUT2D eigenvalue weighted by atomic mass is 32.1. The third kappa shape index (κ3) is 1.65. The van der Waals surface area contributed by atoms with E-state index in [0.717, 1.165) is 11.1 Å². The van der Waals surface area contributed by atoms with Crippen LogP contribution < -0.4 is 0 Å². The molecule has 0 atom stereocenters. The quantitative estimate of drug-likeness (QED) is 0.399. The molecular weight excluding hydrogens is 174 g/mol. The molecule has 4 heteroatoms. The second kappa shape index (κ2) is 3.40. The summed E-state index contributed by atoms with van der Waals surface area (Å²) >= 11 is 4.70. The van der Waals surface area contributed by atoms with Crippen LogP contribution in [0, 0.1) is 17.0 Å². The fraction of sp³-hybridized carbons (Fsp3) is 0.125. The molecule has 0 saturated heterocycles. The molecule has 62 valence electrons. The van der Waals surface area contributed by atoms with Crippen molar-refractivity contribution in [2.75, 3.05) is 0 Å². The van der Waals surface area contributed by atoms with Gasteiger partial charge in [-0.15, -0.1) is 0 Å². The highest BCUT2D eigenvalue weighted by molar-refractivity contribution is 7.79. The molecule has 3 nitrogen and oxygen atoms in total. The smallest absolute Gasteiger partial charge is 0.258 e. The number of aryl methyl sites for hydroxylation is 1. The number of hydrogen-bond donors (Lipinski definition) is 0. The van der Waals surface area contributed by atoms with Crippen LogP contribution in [0.2, 0.25) is 0 Å². The first-order chi connectivity index (χ1) is 5.65. The highest BCUT2D eigenvalue weighted by Gasteiger charge is 2.05. The molecule has 1 aromatic rings. The van der Waals surface area contributed by atoms with Crippen LogP contribution in [0.4, 0.5) is 5.69 Å². The Morgan fingerprint density at radius 2 is 2.25 bits per heavy atom. The van der Waals surface area contributed by atoms with E-state index in [1.807, 2.05) is 6.92 Å². The van der Waals surface area contributed by atoms with Gasteiger partial charge >= 0.3 is 0 Å². The molecule has 12 heavy (non-hydrogen) atoms. The standard InChI is InChI=1S/C8H7NO2S/c1-6-2-3-8(9(10)11)4-7(6)5-12/h2-5H,1H3. The van der Waals surface area contributed by atoms with Gasteiger partial charge in [-0.25, -0.2) is 0 Å². The first-order valence-corrected chi connectivity index (χ1v) is 3.82. The predicted octanol–water partition coefficient (Wildman–Crippen LogP) is 2.25. The largest absolute Gasteiger partial charge is 0.270 e. The summed E-state index contributed by atoms with van der Waals surface area (Å²) in [7, 11) is 0. The molecule has 0 aliphatic carbocycles. The molecule has 0 heterocycles. The van der Waals surface area contributed by atoms with Crippen LogP contribution in [0.15, 0.2) is 18.2 Å². The zero-order valence-electron chi connectivity index (χ0n) is 6.48. The first-order valence-electron chi connectivity index (χ1n) is 3.35. The Bertz CT molecular complexity index is 336. The van der Waals surface area contributed by atoms with Gasteiger partial charge in [-0.2, -0.15) is 0 Å². The molecule has 1 aromatic carbocycles. The Kier molecular flexibility index (Phi) is 2.50. The van der Waals surface area contributed by atoms with E-state index in [4.69, 9.17) is 12.2 Å². The Hall–Kier alpha value is -1.29. The lowest BCUT2D eigenvalue weighted by Gasteiger charge is -1.97. The normalized spacial score (nSPS) is 9.42. The Labute approximate surface area is 75.2 Å². The van der Waals surface area contributed by atoms with Gasteiger partial charge in [-0.05, 0) is 18.1 Å². The second-order valence-corrected chi connectivity index (χ2v) is 2.65. The van der Waals surface area contributed by atoms with Crippen molar-refractivity contribution < 1.29 is 4.92 Å². The van der Waals surface area contributed by atoms with Gasteiger partial charge in [-0.3, -0.25) is 10.1 Å². The lowest BCUT2D eigenvalue weighted by atomic mass is 10.1. The molecule has 1 rings (SSSR count). The van der Waals surface area contributed by atoms with Crippen LogP contribution >= 0.6 is 12.2 Å². The van der Waals surface area contributed by atoms with Crippen molar-refractivity contribution in [1.82, 2.24) is 0 Å². The third-order valence-electron chi connectivity index (χ3n) is 1.60. The van der Waals surface area contributed by atoms with E-state index in [-0.39, 0.29) is 5.69 Å². The topological polar surface area (TPSA) is 43.1 Å². The van der Waals surface area contributed by atoms with E-state index in [9.17, 15) is 10.1 Å². The zero-order valence-corrected chi connectivity index (χ0v) is 7.30. The van der Waals surface area contributed by atoms with Gasteiger partial charge in [0.1, 0.15) is 0 Å². The van der Waals surface area contributed by atoms with Crippen molar-refractivity contribution in [2.45, 2.75) is 6.92 Å². The SMILES string of the molecule is Cc1ccc([N+](=O)[O-])cc1C=S. The second-order valence-electron chi connectivity index (χ2n) is 2.42. The van der Waals surface area contributed by atoms with Crippen molar-refractivity contribution in [3.05, 3.63) is 39.4 Å². The van der Waals surface area contributed by atoms with Gasteiger partial charge < -0.3 is 0 Å². The van der Waals surface area contributed by atoms with Gasteiger partial charge in [-0.1, -0.05) is 18.3 Å². The number of nitrogens with zero attached hydrogens (tertiary/aromatic N) is 1. The zero-order chi connectivity index (χ0) is 9.14. The molecule has 0 spiro atoms. The minimum atomic E-state index is -0.429. The number of thiocarbonyl (C=S) groups is 1. The van der Waals surface area contributed by atoms with Crippen LogP contribution in [0.3, 0.4) is 0 Å². The lowest BCUT2D eigenvalue weighted by Crippen LogP contribution is -1.91. The Morgan fingerprint density at radius 1 is 1.58 bits per heavy atom. The third-order valence-corrected chi connectivity index (χ3v) is 1.85. The van der Waals surface area contributed by atoms with E-state index >= 15 is 0 Å². The maximum absolute atomic E-state index is 10.3. The summed E-state index contributed by atoms with van der Waals surface area (Å²) in [6, 6.07) is 4.64. The van der Waals surface area contributed by atoms with Gasteiger partial charge in [0, 0.05) is 17.5 Å². The Morgan fingerprint density at radius 3 is 2.75 bits per heavy atom. The molecule has 0 bridgehead atoms. The van der Waals surface area contributed by atoms with Crippen molar-refractivity contribution in [3.63, 3.8) is 0 Å². The molecule has 0 fully saturated rings. The average molecular weight is 181 g/mol. The average Bonchev–Trinajstić information content (AvgIpc) is 2.05. The predicted molar refractivity (Wildman–Crippen MR) is 50.6 cm³/mol. The molecular formula is C8H7NO2S. The molecule has 0 N–H and O–H groups in total. The number of nitro benzene ring substituents is 1. The monoisotopic (exact) mass is 181 g/mol. The van der Waals surface area contributed by atoms with Crippen LogP contribution in [-0.4, -0.2) is 10.3 Å². The van der Waals surface area contributed by atoms with Gasteiger partial charge in [0.25, 0.3) is 5.69 Å². The summed E-state index contributed by atoms with van der Waals surface area (Å²) in [5.74, 6) is 0. The summed E-state index contributed by atoms with van der Waals surface area (Å²) in [6.07, 6.45) is 0. The van der Waals surface area contributed by atoms with E-state index < -0.39 is 4.92 Å². The number of non-ortho nitro benzene ring substituents is 1. The van der Waals surface area contributed by atoms with Crippen molar-refractivity contribution in [2.24, 2.45) is 0 Å². The highest BCUT2D eigenvalue weighted by Crippen LogP contribution is 2.15. The summed E-state index contributed by atoms with van der Waals surface area (Å²) in [5.41, 5.74) is 1.77. The van der Waals surface area contributed by atoms with Crippen LogP contribution in [0.25, 0.3) is 0 Å². The minimum absolute atomic E-state index is 0.0803. The summed E-state index contributed by atoms with van der Waals surface area (Å²) in [5, 5.41) is 11.8. The summed E-state index contributed by atoms with van der Waals surface area (Å²) in [4.78, 5) is 9.91. The van der Waals surface area contributed by atoms with Crippen molar-refractivity contribution in [1.29, 1.82) is 0 Å². The number of benzene rings is 1. The van der Waals surface area contributed by atoms with Crippen LogP contribution in [0.1, 0.15) is 11.1 Å². The maximum Gasteiger partial charge on any atom is 0.270 e. The number of hydrogen-bond acceptors (Lipinski definition) is 3. The van der Waals surface area contributed by atoms with Gasteiger partial charge in [0.2, 0.25) is 0 Å². The van der Waals surface area contributed by atoms with Crippen LogP contribution in [-0.2, 0) is 0 Å². The fourth-order valence-electron chi connectivity index (χ4n) is 0.868. The van der Waals surface area contributed by atoms with Crippen molar-refractivity contribution in [3.8, 4) is 0 Å². The molecule has 0 aliphatic rings. The maximum atomic E-state index is 10.3. The molecule has 0 saturated carbocycles. The van der Waals surface area contributed by atoms with Crippen molar-refractivity contribution >= 4 is 23.3 Å². The van der Waals surface area contributed by atoms with Gasteiger partial charge in [0.05, 0.1) is 4.92 Å². The Balaban J connectivity index is 3.22. The molecule has 0 radical (unpaired) electrons. The molecule has 0 aliphatic heterocycles. The van der Waals surface area contributed by atoms with Crippen LogP contribution in [0.5, 0.6) is 0 Å². The first kappa shape index (κ1) is 8.80. The lowest BCUT2D eigenvalue weighted by molar-refractivity contribution is -0.384. The van der Waals surface area contributed by atoms with Gasteiger partial charge in [0.15, 0.2) is 0 Å². The van der Waals surface area contributed by atoms with E-state index in [2.05, 4.69) is 0 Å². The summed E-state index contributed by atoms with van der Waals surface area (Å²) in [6.45, 7) is 1.86. The van der Waals surface area contributed by atoms with E-state index in [1.54, 1.807) is 6.07 Å². The number of rotatable bonds is 2. The molecule has 0 unspecified atom stereocenters. The summed E-state index contributed by atoms with van der Waals surface area (Å²) < 4.78 is 0. The van der Waals surface area contributed by atoms with E-state index in [0.29, 0.717) is 0 Å². The molecule has 0 amide bonds. The molecule has 0 aromatic heterocycles. The number of nitro groups is 1. The minimum Gasteiger partial charge on any atom is -0.258 e.